The maximum atomic E-state index is 11.7. The van der Waals surface area contributed by atoms with Crippen molar-refractivity contribution in [2.45, 2.75) is 37.2 Å². The summed E-state index contributed by atoms with van der Waals surface area (Å²) in [7, 11) is 0. The van der Waals surface area contributed by atoms with Crippen molar-refractivity contribution in [2.24, 2.45) is 5.73 Å². The van der Waals surface area contributed by atoms with Gasteiger partial charge in [-0.25, -0.2) is 0 Å². The van der Waals surface area contributed by atoms with Crippen LogP contribution in [0.3, 0.4) is 0 Å². The molecule has 3 heterocycles. The lowest BCUT2D eigenvalue weighted by atomic mass is 9.89. The number of carbonyl (C=O) groups is 1. The van der Waals surface area contributed by atoms with Crippen LogP contribution in [0.15, 0.2) is 30.3 Å². The first-order chi connectivity index (χ1) is 13.0. The lowest BCUT2D eigenvalue weighted by molar-refractivity contribution is -0.0821. The van der Waals surface area contributed by atoms with Gasteiger partial charge in [-0.2, -0.15) is 0 Å². The first-order valence-electron chi connectivity index (χ1n) is 9.76. The molecule has 0 saturated carbocycles. The Kier molecular flexibility index (Phi) is 5.12. The van der Waals surface area contributed by atoms with Gasteiger partial charge in [-0.3, -0.25) is 9.78 Å². The normalized spacial score (nSPS) is 21.4. The number of amides is 1. The summed E-state index contributed by atoms with van der Waals surface area (Å²) in [5.74, 6) is -0.0688. The topological polar surface area (TPSA) is 88.7 Å². The van der Waals surface area contributed by atoms with Crippen molar-refractivity contribution in [3.05, 3.63) is 41.6 Å². The van der Waals surface area contributed by atoms with Crippen LogP contribution in [0.1, 0.15) is 47.7 Å². The van der Waals surface area contributed by atoms with E-state index >= 15 is 0 Å². The molecule has 4 rings (SSSR count). The Hall–Kier alpha value is -2.02. The van der Waals surface area contributed by atoms with Crippen molar-refractivity contribution in [3.63, 3.8) is 0 Å². The third-order valence-electron chi connectivity index (χ3n) is 5.95. The average Bonchev–Trinajstić information content (AvgIpc) is 2.68. The highest BCUT2D eigenvalue weighted by atomic mass is 16.5. The van der Waals surface area contributed by atoms with Crippen LogP contribution >= 0.6 is 0 Å². The average molecular weight is 369 g/mol. The number of rotatable bonds is 4. The van der Waals surface area contributed by atoms with Crippen LogP contribution < -0.4 is 5.73 Å². The fourth-order valence-electron chi connectivity index (χ4n) is 4.30. The van der Waals surface area contributed by atoms with E-state index in [2.05, 4.69) is 11.0 Å². The van der Waals surface area contributed by atoms with Crippen molar-refractivity contribution in [3.8, 4) is 0 Å². The molecular formula is C21H27N3O3. The third-order valence-corrected chi connectivity index (χ3v) is 5.95. The summed E-state index contributed by atoms with van der Waals surface area (Å²) in [5, 5.41) is 11.7. The number of para-hydroxylation sites is 1. The number of nitrogens with two attached hydrogens (primary N) is 1. The van der Waals surface area contributed by atoms with E-state index in [9.17, 15) is 9.90 Å². The Labute approximate surface area is 159 Å². The van der Waals surface area contributed by atoms with E-state index in [0.29, 0.717) is 30.2 Å². The predicted octanol–water partition coefficient (Wildman–Crippen LogP) is 2.05. The van der Waals surface area contributed by atoms with E-state index in [0.717, 1.165) is 56.4 Å². The number of aliphatic hydroxyl groups is 1. The second-order valence-electron chi connectivity index (χ2n) is 7.86. The van der Waals surface area contributed by atoms with Crippen molar-refractivity contribution in [2.75, 3.05) is 32.8 Å². The molecule has 0 atom stereocenters. The summed E-state index contributed by atoms with van der Waals surface area (Å²) < 4.78 is 5.37. The molecule has 2 aromatic rings. The smallest absolute Gasteiger partial charge is 0.250 e. The lowest BCUT2D eigenvalue weighted by Crippen LogP contribution is -2.48. The SMILES string of the molecule is NC(=O)c1cccc2ccc(C3CCN(CC4(O)CCOCC4)CC3)nc12. The highest BCUT2D eigenvalue weighted by molar-refractivity contribution is 6.04. The van der Waals surface area contributed by atoms with E-state index in [4.69, 9.17) is 15.5 Å². The molecule has 6 nitrogen and oxygen atoms in total. The summed E-state index contributed by atoms with van der Waals surface area (Å²) in [6.45, 7) is 3.92. The van der Waals surface area contributed by atoms with E-state index in [1.54, 1.807) is 6.07 Å². The highest BCUT2D eigenvalue weighted by Gasteiger charge is 2.33. The number of primary amides is 1. The number of benzene rings is 1. The number of ether oxygens (including phenoxy) is 1. The quantitative estimate of drug-likeness (QED) is 0.861. The molecule has 6 heteroatoms. The number of piperidine rings is 1. The second kappa shape index (κ2) is 7.54. The molecule has 2 fully saturated rings. The molecule has 0 radical (unpaired) electrons. The van der Waals surface area contributed by atoms with Crippen molar-refractivity contribution < 1.29 is 14.6 Å². The van der Waals surface area contributed by atoms with Crippen LogP contribution in [0.25, 0.3) is 10.9 Å². The molecule has 0 bridgehead atoms. The number of carbonyl (C=O) groups excluding carboxylic acids is 1. The van der Waals surface area contributed by atoms with Gasteiger partial charge in [0.1, 0.15) is 0 Å². The van der Waals surface area contributed by atoms with Crippen molar-refractivity contribution >= 4 is 16.8 Å². The molecule has 0 aliphatic carbocycles. The summed E-state index contributed by atoms with van der Waals surface area (Å²) in [6.07, 6.45) is 3.44. The molecule has 1 amide bonds. The van der Waals surface area contributed by atoms with Gasteiger partial charge < -0.3 is 20.5 Å². The molecule has 2 aliphatic rings. The number of hydrogen-bond acceptors (Lipinski definition) is 5. The summed E-state index contributed by atoms with van der Waals surface area (Å²) >= 11 is 0. The molecule has 0 spiro atoms. The van der Waals surface area contributed by atoms with E-state index in [1.165, 1.54) is 0 Å². The number of β-amino-alcohol motifs (C(OH)–C–C–N with tert-alkyl or cyclic N) is 1. The van der Waals surface area contributed by atoms with Crippen LogP contribution in [-0.2, 0) is 4.74 Å². The number of aromatic nitrogens is 1. The first kappa shape index (κ1) is 18.3. The largest absolute Gasteiger partial charge is 0.388 e. The second-order valence-corrected chi connectivity index (χ2v) is 7.86. The Balaban J connectivity index is 1.45. The van der Waals surface area contributed by atoms with Crippen LogP contribution in [0.5, 0.6) is 0 Å². The van der Waals surface area contributed by atoms with Crippen LogP contribution in [0, 0.1) is 0 Å². The Bertz CT molecular complexity index is 825. The van der Waals surface area contributed by atoms with Crippen molar-refractivity contribution in [1.82, 2.24) is 9.88 Å². The predicted molar refractivity (Wildman–Crippen MR) is 104 cm³/mol. The van der Waals surface area contributed by atoms with Gasteiger partial charge in [-0.1, -0.05) is 18.2 Å². The summed E-state index contributed by atoms with van der Waals surface area (Å²) in [4.78, 5) is 18.9. The third kappa shape index (κ3) is 3.98. The molecule has 2 aliphatic heterocycles. The minimum absolute atomic E-state index is 0.371. The van der Waals surface area contributed by atoms with E-state index in [-0.39, 0.29) is 0 Å². The summed E-state index contributed by atoms with van der Waals surface area (Å²) in [6, 6.07) is 9.62. The van der Waals surface area contributed by atoms with Gasteiger partial charge in [0.2, 0.25) is 0 Å². The molecule has 1 aromatic carbocycles. The van der Waals surface area contributed by atoms with Gasteiger partial charge in [0.25, 0.3) is 5.91 Å². The highest BCUT2D eigenvalue weighted by Crippen LogP contribution is 2.30. The Morgan fingerprint density at radius 2 is 1.96 bits per heavy atom. The number of pyridine rings is 1. The number of likely N-dealkylation sites (tertiary alicyclic amines) is 1. The number of fused-ring (bicyclic) bond motifs is 1. The van der Waals surface area contributed by atoms with Gasteiger partial charge >= 0.3 is 0 Å². The van der Waals surface area contributed by atoms with Gasteiger partial charge in [-0.05, 0) is 38.1 Å². The van der Waals surface area contributed by atoms with Gasteiger partial charge in [0, 0.05) is 49.6 Å². The van der Waals surface area contributed by atoms with Crippen LogP contribution in [-0.4, -0.2) is 59.3 Å². The fraction of sp³-hybridized carbons (Fsp3) is 0.524. The number of hydrogen-bond donors (Lipinski definition) is 2. The van der Waals surface area contributed by atoms with E-state index < -0.39 is 11.5 Å². The van der Waals surface area contributed by atoms with E-state index in [1.807, 2.05) is 18.2 Å². The molecule has 144 valence electrons. The zero-order valence-corrected chi connectivity index (χ0v) is 15.6. The monoisotopic (exact) mass is 369 g/mol. The first-order valence-corrected chi connectivity index (χ1v) is 9.76. The standard InChI is InChI=1S/C21H27N3O3/c22-20(25)17-3-1-2-16-4-5-18(23-19(16)17)15-6-10-24(11-7-15)14-21(26)8-12-27-13-9-21/h1-5,15,26H,6-14H2,(H2,22,25). The minimum Gasteiger partial charge on any atom is -0.388 e. The van der Waals surface area contributed by atoms with Crippen LogP contribution in [0.4, 0.5) is 0 Å². The zero-order chi connectivity index (χ0) is 18.9. The Morgan fingerprint density at radius 3 is 2.67 bits per heavy atom. The van der Waals surface area contributed by atoms with Crippen LogP contribution in [0.2, 0.25) is 0 Å². The Morgan fingerprint density at radius 1 is 1.22 bits per heavy atom. The summed E-state index contributed by atoms with van der Waals surface area (Å²) in [5.41, 5.74) is 7.11. The maximum absolute atomic E-state index is 11.7. The molecule has 27 heavy (non-hydrogen) atoms. The maximum Gasteiger partial charge on any atom is 0.250 e. The van der Waals surface area contributed by atoms with Crippen molar-refractivity contribution in [1.29, 1.82) is 0 Å². The number of nitrogens with zero attached hydrogens (tertiary/aromatic N) is 2. The van der Waals surface area contributed by atoms with Gasteiger partial charge in [0.05, 0.1) is 16.7 Å². The minimum atomic E-state index is -0.608. The molecular weight excluding hydrogens is 342 g/mol. The van der Waals surface area contributed by atoms with Gasteiger partial charge in [0.15, 0.2) is 0 Å². The van der Waals surface area contributed by atoms with Gasteiger partial charge in [-0.15, -0.1) is 0 Å². The lowest BCUT2D eigenvalue weighted by Gasteiger charge is -2.39. The molecule has 2 saturated heterocycles. The molecule has 0 unspecified atom stereocenters. The zero-order valence-electron chi connectivity index (χ0n) is 15.6. The molecule has 3 N–H and O–H groups in total. The fourth-order valence-corrected chi connectivity index (χ4v) is 4.30. The molecule has 1 aromatic heterocycles.